The molecule has 2 aliphatic heterocycles. The van der Waals surface area contributed by atoms with Gasteiger partial charge in [0.15, 0.2) is 5.82 Å². The van der Waals surface area contributed by atoms with E-state index in [1.165, 1.54) is 21.6 Å². The van der Waals surface area contributed by atoms with Crippen molar-refractivity contribution in [2.45, 2.75) is 38.1 Å². The molecular weight excluding hydrogens is 585 g/mol. The largest absolute Gasteiger partial charge is 0.495 e. The molecule has 230 valence electrons. The molecule has 1 aromatic carbocycles. The van der Waals surface area contributed by atoms with Crippen molar-refractivity contribution in [3.8, 4) is 11.5 Å². The summed E-state index contributed by atoms with van der Waals surface area (Å²) >= 11 is 6.49. The van der Waals surface area contributed by atoms with E-state index in [9.17, 15) is 9.18 Å². The maximum Gasteiger partial charge on any atom is 0.336 e. The van der Waals surface area contributed by atoms with Crippen molar-refractivity contribution in [2.24, 2.45) is 0 Å². The highest BCUT2D eigenvalue weighted by atomic mass is 35.5. The first-order chi connectivity index (χ1) is 21.4. The van der Waals surface area contributed by atoms with Crippen molar-refractivity contribution in [3.63, 3.8) is 0 Å². The van der Waals surface area contributed by atoms with Crippen LogP contribution in [0.1, 0.15) is 42.7 Å². The molecule has 0 saturated carbocycles. The highest BCUT2D eigenvalue weighted by Crippen LogP contribution is 2.41. The first kappa shape index (κ1) is 29.8. The lowest BCUT2D eigenvalue weighted by Gasteiger charge is -2.36. The molecule has 1 aliphatic carbocycles. The molecule has 2 amide bonds. The smallest absolute Gasteiger partial charge is 0.336 e. The zero-order chi connectivity index (χ0) is 30.8. The number of benzene rings is 1. The summed E-state index contributed by atoms with van der Waals surface area (Å²) in [6.45, 7) is 1.57. The summed E-state index contributed by atoms with van der Waals surface area (Å²) < 4.78 is 24.9. The lowest BCUT2D eigenvalue weighted by molar-refractivity contribution is 0.215. The lowest BCUT2D eigenvalue weighted by Crippen LogP contribution is -2.45. The summed E-state index contributed by atoms with van der Waals surface area (Å²) in [5, 5.41) is 3.69. The molecule has 2 aromatic heterocycles. The van der Waals surface area contributed by atoms with Gasteiger partial charge in [0.25, 0.3) is 0 Å². The van der Waals surface area contributed by atoms with Crippen LogP contribution in [0.3, 0.4) is 0 Å². The molecule has 1 unspecified atom stereocenters. The Hall–Kier alpha value is -4.22. The van der Waals surface area contributed by atoms with Gasteiger partial charge in [0.2, 0.25) is 5.95 Å². The first-order valence-electron chi connectivity index (χ1n) is 14.6. The molecule has 44 heavy (non-hydrogen) atoms. The van der Waals surface area contributed by atoms with Gasteiger partial charge in [-0.05, 0) is 75.1 Å². The molecule has 3 aliphatic rings. The van der Waals surface area contributed by atoms with Crippen molar-refractivity contribution < 1.29 is 18.7 Å². The SMILES string of the molecule is COc1ccc(N2C(=O)N(C3=C(Cl)CC=C3CF)Cc3cnc(Nc4ccc(C5CCCN(C)CC5)cc4OC)nc32)nc1. The Morgan fingerprint density at radius 3 is 2.70 bits per heavy atom. The standard InChI is InChI=1S/C32H35ClFN7O3/c1-39-13-4-5-20(12-14-39)21-7-10-26(27(15-21)44-3)37-31-36-17-23-19-40(29-22(16-34)6-9-25(29)33)32(42)41(30(23)38-31)28-11-8-24(43-2)18-35-28/h6-8,10-11,15,17-18,20H,4-5,9,12-14,16,19H2,1-3H3,(H,36,37,38). The first-order valence-corrected chi connectivity index (χ1v) is 15.0. The van der Waals surface area contributed by atoms with Gasteiger partial charge >= 0.3 is 6.03 Å². The maximum atomic E-state index is 14.1. The predicted molar refractivity (Wildman–Crippen MR) is 168 cm³/mol. The summed E-state index contributed by atoms with van der Waals surface area (Å²) in [7, 11) is 5.36. The normalized spacial score (nSPS) is 19.1. The van der Waals surface area contributed by atoms with Crippen LogP contribution in [0.25, 0.3) is 0 Å². The van der Waals surface area contributed by atoms with Gasteiger partial charge in [0.1, 0.15) is 24.0 Å². The molecule has 0 spiro atoms. The van der Waals surface area contributed by atoms with Gasteiger partial charge in [0, 0.05) is 28.8 Å². The van der Waals surface area contributed by atoms with Crippen LogP contribution in [0.15, 0.2) is 65.1 Å². The van der Waals surface area contributed by atoms with E-state index < -0.39 is 12.7 Å². The van der Waals surface area contributed by atoms with E-state index in [2.05, 4.69) is 39.4 Å². The number of carbonyl (C=O) groups is 1. The molecule has 1 N–H and O–H groups in total. The summed E-state index contributed by atoms with van der Waals surface area (Å²) in [5.41, 5.74) is 3.35. The molecule has 0 bridgehead atoms. The minimum atomic E-state index is -0.735. The second kappa shape index (κ2) is 12.8. The molecule has 10 nitrogen and oxygen atoms in total. The van der Waals surface area contributed by atoms with Crippen molar-refractivity contribution in [3.05, 3.63) is 76.2 Å². The quantitative estimate of drug-likeness (QED) is 0.299. The topological polar surface area (TPSA) is 96.0 Å². The number of alkyl halides is 1. The number of halogens is 2. The zero-order valence-corrected chi connectivity index (χ0v) is 25.8. The van der Waals surface area contributed by atoms with E-state index >= 15 is 0 Å². The Balaban J connectivity index is 1.34. The fourth-order valence-corrected chi connectivity index (χ4v) is 6.30. The fourth-order valence-electron chi connectivity index (χ4n) is 6.00. The number of rotatable bonds is 8. The van der Waals surface area contributed by atoms with Gasteiger partial charge in [-0.1, -0.05) is 23.7 Å². The zero-order valence-electron chi connectivity index (χ0n) is 25.0. The number of aromatic nitrogens is 3. The Morgan fingerprint density at radius 2 is 1.95 bits per heavy atom. The third kappa shape index (κ3) is 5.81. The second-order valence-corrected chi connectivity index (χ2v) is 11.6. The number of urea groups is 1. The summed E-state index contributed by atoms with van der Waals surface area (Å²) in [4.78, 5) is 33.1. The van der Waals surface area contributed by atoms with Crippen LogP contribution in [0, 0.1) is 0 Å². The Labute approximate surface area is 261 Å². The van der Waals surface area contributed by atoms with E-state index in [0.29, 0.717) is 63.0 Å². The Morgan fingerprint density at radius 1 is 1.09 bits per heavy atom. The number of nitrogens with zero attached hydrogens (tertiary/aromatic N) is 6. The Bertz CT molecular complexity index is 1610. The summed E-state index contributed by atoms with van der Waals surface area (Å²) in [6, 6.07) is 9.13. The number of fused-ring (bicyclic) bond motifs is 1. The number of carbonyl (C=O) groups excluding carboxylic acids is 1. The van der Waals surface area contributed by atoms with Crippen molar-refractivity contribution in [2.75, 3.05) is 51.2 Å². The fraction of sp³-hybridized carbons (Fsp3) is 0.375. The van der Waals surface area contributed by atoms with Crippen molar-refractivity contribution in [1.29, 1.82) is 0 Å². The van der Waals surface area contributed by atoms with E-state index in [1.807, 2.05) is 6.07 Å². The summed E-state index contributed by atoms with van der Waals surface area (Å²) in [6.07, 6.45) is 8.65. The van der Waals surface area contributed by atoms with Gasteiger partial charge in [0.05, 0.1) is 38.3 Å². The van der Waals surface area contributed by atoms with E-state index in [4.69, 9.17) is 26.1 Å². The number of amides is 2. The molecule has 6 rings (SSSR count). The number of hydrogen-bond acceptors (Lipinski definition) is 8. The molecule has 0 radical (unpaired) electrons. The minimum absolute atomic E-state index is 0.124. The van der Waals surface area contributed by atoms with Crippen molar-refractivity contribution >= 4 is 40.9 Å². The molecule has 1 fully saturated rings. The van der Waals surface area contributed by atoms with Gasteiger partial charge in [-0.25, -0.2) is 24.1 Å². The van der Waals surface area contributed by atoms with Crippen molar-refractivity contribution in [1.82, 2.24) is 24.8 Å². The third-order valence-corrected chi connectivity index (χ3v) is 8.72. The lowest BCUT2D eigenvalue weighted by atomic mass is 9.91. The predicted octanol–water partition coefficient (Wildman–Crippen LogP) is 6.66. The van der Waals surface area contributed by atoms with Gasteiger partial charge in [-0.2, -0.15) is 4.98 Å². The highest BCUT2D eigenvalue weighted by Gasteiger charge is 2.38. The van der Waals surface area contributed by atoms with Crippen LogP contribution in [-0.2, 0) is 6.54 Å². The highest BCUT2D eigenvalue weighted by molar-refractivity contribution is 6.30. The monoisotopic (exact) mass is 619 g/mol. The van der Waals surface area contributed by atoms with E-state index in [1.54, 1.807) is 38.6 Å². The number of allylic oxidation sites excluding steroid dienone is 3. The van der Waals surface area contributed by atoms with Crippen LogP contribution in [0.2, 0.25) is 0 Å². The molecule has 1 saturated heterocycles. The molecule has 1 atom stereocenters. The Kier molecular flexibility index (Phi) is 8.67. The summed E-state index contributed by atoms with van der Waals surface area (Å²) in [5.74, 6) is 2.66. The third-order valence-electron chi connectivity index (χ3n) is 8.39. The molecule has 3 aromatic rings. The van der Waals surface area contributed by atoms with Crippen LogP contribution < -0.4 is 19.7 Å². The van der Waals surface area contributed by atoms with Crippen LogP contribution in [-0.4, -0.2) is 71.8 Å². The number of likely N-dealkylation sites (tertiary alicyclic amines) is 1. The number of hydrogen-bond donors (Lipinski definition) is 1. The maximum absolute atomic E-state index is 14.1. The number of methoxy groups -OCH3 is 2. The van der Waals surface area contributed by atoms with E-state index in [0.717, 1.165) is 32.4 Å². The van der Waals surface area contributed by atoms with Crippen LogP contribution in [0.5, 0.6) is 11.5 Å². The minimum Gasteiger partial charge on any atom is -0.495 e. The van der Waals surface area contributed by atoms with E-state index in [-0.39, 0.29) is 12.5 Å². The van der Waals surface area contributed by atoms with Gasteiger partial charge in [-0.3, -0.25) is 4.90 Å². The number of ether oxygens (including phenoxy) is 2. The number of nitrogens with one attached hydrogen (secondary N) is 1. The van der Waals surface area contributed by atoms with Gasteiger partial charge in [-0.15, -0.1) is 0 Å². The molecule has 4 heterocycles. The average molecular weight is 620 g/mol. The molecule has 12 heteroatoms. The number of anilines is 4. The van der Waals surface area contributed by atoms with Crippen LogP contribution in [0.4, 0.5) is 32.5 Å². The van der Waals surface area contributed by atoms with Gasteiger partial charge < -0.3 is 19.7 Å². The van der Waals surface area contributed by atoms with Crippen LogP contribution >= 0.6 is 11.6 Å². The average Bonchev–Trinajstić information content (AvgIpc) is 3.28. The molecular formula is C32H35ClFN7O3. The number of pyridine rings is 1. The second-order valence-electron chi connectivity index (χ2n) is 11.1.